The number of nitrogens with two attached hydrogens (primary N) is 1. The number of anilines is 2. The summed E-state index contributed by atoms with van der Waals surface area (Å²) in [5.74, 6) is 1.25. The first kappa shape index (κ1) is 16.1. The van der Waals surface area contributed by atoms with Crippen LogP contribution in [-0.2, 0) is 0 Å². The van der Waals surface area contributed by atoms with Crippen LogP contribution in [0.15, 0.2) is 0 Å². The second kappa shape index (κ2) is 8.27. The van der Waals surface area contributed by atoms with Gasteiger partial charge in [-0.2, -0.15) is 11.8 Å². The van der Waals surface area contributed by atoms with Gasteiger partial charge in [-0.15, -0.1) is 0 Å². The summed E-state index contributed by atoms with van der Waals surface area (Å²) in [5.41, 5.74) is 5.81. The highest BCUT2D eigenvalue weighted by atomic mass is 32.2. The molecule has 0 saturated heterocycles. The van der Waals surface area contributed by atoms with E-state index in [2.05, 4.69) is 23.5 Å². The zero-order valence-electron chi connectivity index (χ0n) is 11.7. The Morgan fingerprint density at radius 2 is 2.32 bits per heavy atom. The Morgan fingerprint density at radius 3 is 2.95 bits per heavy atom. The molecule has 5 nitrogen and oxygen atoms in total. The van der Waals surface area contributed by atoms with Gasteiger partial charge < -0.3 is 16.0 Å². The van der Waals surface area contributed by atoms with Crippen molar-refractivity contribution in [2.45, 2.75) is 19.8 Å². The number of thiazole rings is 1. The summed E-state index contributed by atoms with van der Waals surface area (Å²) in [6.45, 7) is 3.69. The normalized spacial score (nSPS) is 10.5. The molecule has 1 heterocycles. The number of thioether (sulfide) groups is 1. The fourth-order valence-corrected chi connectivity index (χ4v) is 2.90. The zero-order chi connectivity index (χ0) is 14.3. The monoisotopic (exact) mass is 302 g/mol. The molecule has 0 bridgehead atoms. The quantitative estimate of drug-likeness (QED) is 0.719. The molecule has 0 spiro atoms. The minimum Gasteiger partial charge on any atom is -0.382 e. The summed E-state index contributed by atoms with van der Waals surface area (Å²) >= 11 is 3.13. The maximum absolute atomic E-state index is 12.0. The average molecular weight is 302 g/mol. The lowest BCUT2D eigenvalue weighted by atomic mass is 10.4. The van der Waals surface area contributed by atoms with Crippen LogP contribution in [0.5, 0.6) is 0 Å². The predicted octanol–water partition coefficient (Wildman–Crippen LogP) is 2.05. The summed E-state index contributed by atoms with van der Waals surface area (Å²) in [6.07, 6.45) is 4.05. The number of aromatic nitrogens is 1. The van der Waals surface area contributed by atoms with Gasteiger partial charge in [0.05, 0.1) is 0 Å². The van der Waals surface area contributed by atoms with E-state index in [0.29, 0.717) is 17.2 Å². The van der Waals surface area contributed by atoms with Gasteiger partial charge in [-0.25, -0.2) is 4.98 Å². The highest BCUT2D eigenvalue weighted by Gasteiger charge is 2.17. The molecule has 1 aromatic rings. The van der Waals surface area contributed by atoms with Gasteiger partial charge in [0.15, 0.2) is 5.13 Å². The van der Waals surface area contributed by atoms with Gasteiger partial charge in [0, 0.05) is 20.1 Å². The highest BCUT2D eigenvalue weighted by molar-refractivity contribution is 7.98. The third-order valence-electron chi connectivity index (χ3n) is 2.54. The molecule has 3 N–H and O–H groups in total. The first-order valence-corrected chi connectivity index (χ1v) is 8.55. The summed E-state index contributed by atoms with van der Waals surface area (Å²) < 4.78 is 0. The van der Waals surface area contributed by atoms with Crippen molar-refractivity contribution in [3.8, 4) is 0 Å². The summed E-state index contributed by atoms with van der Waals surface area (Å²) in [6, 6.07) is 0. The number of nitrogens with zero attached hydrogens (tertiary/aromatic N) is 2. The van der Waals surface area contributed by atoms with Crippen LogP contribution in [0.2, 0.25) is 0 Å². The van der Waals surface area contributed by atoms with Crippen molar-refractivity contribution in [1.82, 2.24) is 10.3 Å². The highest BCUT2D eigenvalue weighted by Crippen LogP contribution is 2.27. The van der Waals surface area contributed by atoms with E-state index in [0.717, 1.165) is 30.3 Å². The molecule has 0 radical (unpaired) electrons. The molecule has 0 aromatic carbocycles. The van der Waals surface area contributed by atoms with Crippen LogP contribution in [0.1, 0.15) is 29.4 Å². The number of nitrogen functional groups attached to an aromatic ring is 1. The molecule has 1 amide bonds. The standard InChI is InChI=1S/C12H22N4OS2/c1-4-7-16(2)12-15-10(13)9(19-12)11(17)14-6-5-8-18-3/h4-8,13H2,1-3H3,(H,14,17). The number of nitrogens with one attached hydrogen (secondary N) is 1. The van der Waals surface area contributed by atoms with Gasteiger partial charge in [-0.05, 0) is 24.9 Å². The lowest BCUT2D eigenvalue weighted by Crippen LogP contribution is -2.24. The van der Waals surface area contributed by atoms with Gasteiger partial charge in [-0.1, -0.05) is 18.3 Å². The number of hydrogen-bond donors (Lipinski definition) is 2. The van der Waals surface area contributed by atoms with E-state index in [9.17, 15) is 4.79 Å². The number of carbonyl (C=O) groups excluding carboxylic acids is 1. The molecule has 1 aromatic heterocycles. The second-order valence-electron chi connectivity index (χ2n) is 4.23. The second-order valence-corrected chi connectivity index (χ2v) is 6.20. The minimum atomic E-state index is -0.118. The maximum atomic E-state index is 12.0. The smallest absolute Gasteiger partial charge is 0.265 e. The molecule has 0 fully saturated rings. The van der Waals surface area contributed by atoms with Crippen molar-refractivity contribution in [3.05, 3.63) is 4.88 Å². The van der Waals surface area contributed by atoms with Crippen LogP contribution >= 0.6 is 23.1 Å². The first-order valence-electron chi connectivity index (χ1n) is 6.34. The molecular weight excluding hydrogens is 280 g/mol. The van der Waals surface area contributed by atoms with Crippen LogP contribution in [0.25, 0.3) is 0 Å². The van der Waals surface area contributed by atoms with Gasteiger partial charge >= 0.3 is 0 Å². The van der Waals surface area contributed by atoms with Crippen molar-refractivity contribution in [3.63, 3.8) is 0 Å². The Morgan fingerprint density at radius 1 is 1.58 bits per heavy atom. The molecule has 0 saturated carbocycles. The molecule has 0 aliphatic rings. The van der Waals surface area contributed by atoms with Crippen molar-refractivity contribution >= 4 is 40.0 Å². The maximum Gasteiger partial charge on any atom is 0.265 e. The van der Waals surface area contributed by atoms with E-state index in [1.807, 2.05) is 11.9 Å². The molecule has 1 rings (SSSR count). The van der Waals surface area contributed by atoms with Crippen LogP contribution in [0.3, 0.4) is 0 Å². The van der Waals surface area contributed by atoms with Gasteiger partial charge in [0.25, 0.3) is 5.91 Å². The third-order valence-corrected chi connectivity index (χ3v) is 4.43. The van der Waals surface area contributed by atoms with Gasteiger partial charge in [-0.3, -0.25) is 4.79 Å². The molecule has 0 aliphatic carbocycles. The van der Waals surface area contributed by atoms with Crippen LogP contribution in [0, 0.1) is 0 Å². The fourth-order valence-electron chi connectivity index (χ4n) is 1.58. The number of carbonyl (C=O) groups is 1. The number of hydrogen-bond acceptors (Lipinski definition) is 6. The Labute approximate surface area is 123 Å². The van der Waals surface area contributed by atoms with Crippen molar-refractivity contribution < 1.29 is 4.79 Å². The number of rotatable bonds is 8. The van der Waals surface area contributed by atoms with Crippen LogP contribution in [0.4, 0.5) is 10.9 Å². The predicted molar refractivity (Wildman–Crippen MR) is 85.4 cm³/mol. The van der Waals surface area contributed by atoms with Crippen LogP contribution < -0.4 is 16.0 Å². The summed E-state index contributed by atoms with van der Waals surface area (Å²) in [5, 5.41) is 3.68. The zero-order valence-corrected chi connectivity index (χ0v) is 13.4. The van der Waals surface area contributed by atoms with E-state index in [1.54, 1.807) is 11.8 Å². The van der Waals surface area contributed by atoms with Crippen molar-refractivity contribution in [2.24, 2.45) is 0 Å². The van der Waals surface area contributed by atoms with E-state index in [-0.39, 0.29) is 5.91 Å². The Kier molecular flexibility index (Phi) is 7.01. The molecule has 19 heavy (non-hydrogen) atoms. The van der Waals surface area contributed by atoms with Crippen molar-refractivity contribution in [2.75, 3.05) is 42.8 Å². The topological polar surface area (TPSA) is 71.2 Å². The van der Waals surface area contributed by atoms with Gasteiger partial charge in [0.2, 0.25) is 0 Å². The molecule has 0 atom stereocenters. The van der Waals surface area contributed by atoms with E-state index in [4.69, 9.17) is 5.73 Å². The van der Waals surface area contributed by atoms with E-state index >= 15 is 0 Å². The van der Waals surface area contributed by atoms with E-state index < -0.39 is 0 Å². The lowest BCUT2D eigenvalue weighted by molar-refractivity contribution is 0.0958. The minimum absolute atomic E-state index is 0.118. The third kappa shape index (κ3) is 4.91. The SMILES string of the molecule is CCCN(C)c1nc(N)c(C(=O)NCCCSC)s1. The first-order chi connectivity index (χ1) is 9.10. The summed E-state index contributed by atoms with van der Waals surface area (Å²) in [4.78, 5) is 18.8. The Balaban J connectivity index is 2.60. The Bertz CT molecular complexity index is 408. The molecule has 0 aliphatic heterocycles. The molecule has 108 valence electrons. The van der Waals surface area contributed by atoms with Crippen LogP contribution in [-0.4, -0.2) is 43.0 Å². The fraction of sp³-hybridized carbons (Fsp3) is 0.667. The average Bonchev–Trinajstić information content (AvgIpc) is 2.77. The number of amides is 1. The lowest BCUT2D eigenvalue weighted by Gasteiger charge is -2.13. The van der Waals surface area contributed by atoms with Gasteiger partial charge in [0.1, 0.15) is 10.7 Å². The Hall–Kier alpha value is -0.950. The van der Waals surface area contributed by atoms with E-state index in [1.165, 1.54) is 11.3 Å². The largest absolute Gasteiger partial charge is 0.382 e. The molecule has 0 unspecified atom stereocenters. The molecule has 7 heteroatoms. The van der Waals surface area contributed by atoms with Crippen molar-refractivity contribution in [1.29, 1.82) is 0 Å². The summed E-state index contributed by atoms with van der Waals surface area (Å²) in [7, 11) is 1.96. The molecular formula is C12H22N4OS2.